The number of aromatic nitrogens is 5. The third-order valence-corrected chi connectivity index (χ3v) is 5.84. The maximum Gasteiger partial charge on any atom is 0.252 e. The zero-order valence-corrected chi connectivity index (χ0v) is 18.0. The second-order valence-corrected chi connectivity index (χ2v) is 8.41. The Hall–Kier alpha value is -3.48. The van der Waals surface area contributed by atoms with E-state index in [1.54, 1.807) is 4.68 Å². The van der Waals surface area contributed by atoms with Gasteiger partial charge in [0.25, 0.3) is 5.91 Å². The molecule has 4 aromatic rings. The summed E-state index contributed by atoms with van der Waals surface area (Å²) in [5, 5.41) is 13.1. The molecule has 0 saturated heterocycles. The summed E-state index contributed by atoms with van der Waals surface area (Å²) < 4.78 is 3.66. The fraction of sp³-hybridized carbons (Fsp3) is 0.333. The van der Waals surface area contributed by atoms with Crippen LogP contribution in [0.1, 0.15) is 64.7 Å². The van der Waals surface area contributed by atoms with E-state index < -0.39 is 0 Å². The van der Waals surface area contributed by atoms with Crippen LogP contribution in [0.25, 0.3) is 11.0 Å². The molecule has 1 N–H and O–H groups in total. The Kier molecular flexibility index (Phi) is 4.81. The van der Waals surface area contributed by atoms with Crippen molar-refractivity contribution in [3.8, 4) is 0 Å². The van der Waals surface area contributed by atoms with Gasteiger partial charge >= 0.3 is 0 Å². The molecule has 1 saturated carbocycles. The summed E-state index contributed by atoms with van der Waals surface area (Å²) in [7, 11) is 1.87. The van der Waals surface area contributed by atoms with Crippen LogP contribution in [-0.4, -0.2) is 30.5 Å². The monoisotopic (exact) mass is 414 g/mol. The van der Waals surface area contributed by atoms with E-state index in [9.17, 15) is 4.79 Å². The fourth-order valence-corrected chi connectivity index (χ4v) is 4.02. The molecule has 7 nitrogen and oxygen atoms in total. The third kappa shape index (κ3) is 3.83. The molecule has 7 heteroatoms. The smallest absolute Gasteiger partial charge is 0.252 e. The fourth-order valence-electron chi connectivity index (χ4n) is 4.02. The average molecular weight is 415 g/mol. The van der Waals surface area contributed by atoms with Crippen LogP contribution in [0.2, 0.25) is 0 Å². The van der Waals surface area contributed by atoms with E-state index >= 15 is 0 Å². The standard InChI is InChI=1S/C24H26N6O/c1-15(20-11-12-29(3)28-20)25-24(31)19-13-21(18-9-10-18)26-23-22(19)16(2)27-30(23)14-17-7-5-4-6-8-17/h4-8,11-13,15,18H,9-10,14H2,1-3H3,(H,25,31)/t15-/m0/s1. The number of pyridine rings is 1. The molecule has 0 aliphatic heterocycles. The molecule has 158 valence electrons. The van der Waals surface area contributed by atoms with Crippen molar-refractivity contribution in [1.82, 2.24) is 29.9 Å². The SMILES string of the molecule is Cc1nn(Cc2ccccc2)c2nc(C3CC3)cc(C(=O)N[C@@H](C)c3ccn(C)n3)c12. The van der Waals surface area contributed by atoms with E-state index in [4.69, 9.17) is 10.1 Å². The lowest BCUT2D eigenvalue weighted by Crippen LogP contribution is -2.27. The third-order valence-electron chi connectivity index (χ3n) is 5.84. The Morgan fingerprint density at radius 2 is 1.97 bits per heavy atom. The molecule has 1 aromatic carbocycles. The lowest BCUT2D eigenvalue weighted by Gasteiger charge is -2.13. The summed E-state index contributed by atoms with van der Waals surface area (Å²) in [5.74, 6) is 0.319. The van der Waals surface area contributed by atoms with Gasteiger partial charge in [-0.3, -0.25) is 9.48 Å². The molecular formula is C24H26N6O. The highest BCUT2D eigenvalue weighted by molar-refractivity contribution is 6.06. The molecular weight excluding hydrogens is 388 g/mol. The van der Waals surface area contributed by atoms with Crippen molar-refractivity contribution in [2.24, 2.45) is 7.05 Å². The maximum absolute atomic E-state index is 13.4. The summed E-state index contributed by atoms with van der Waals surface area (Å²) in [4.78, 5) is 18.3. The van der Waals surface area contributed by atoms with Crippen molar-refractivity contribution in [2.45, 2.75) is 45.2 Å². The number of nitrogens with one attached hydrogen (secondary N) is 1. The number of fused-ring (bicyclic) bond motifs is 1. The van der Waals surface area contributed by atoms with Crippen LogP contribution in [0.3, 0.4) is 0 Å². The van der Waals surface area contributed by atoms with E-state index in [1.165, 1.54) is 0 Å². The minimum Gasteiger partial charge on any atom is -0.344 e. The minimum atomic E-state index is -0.194. The zero-order chi connectivity index (χ0) is 21.5. The molecule has 3 aromatic heterocycles. The number of rotatable bonds is 6. The molecule has 1 atom stereocenters. The zero-order valence-electron chi connectivity index (χ0n) is 18.0. The summed E-state index contributed by atoms with van der Waals surface area (Å²) in [6.07, 6.45) is 4.12. The van der Waals surface area contributed by atoms with Crippen molar-refractivity contribution in [2.75, 3.05) is 0 Å². The quantitative estimate of drug-likeness (QED) is 0.519. The first-order valence-corrected chi connectivity index (χ1v) is 10.7. The summed E-state index contributed by atoms with van der Waals surface area (Å²) in [6, 6.07) is 13.9. The maximum atomic E-state index is 13.4. The van der Waals surface area contributed by atoms with Crippen LogP contribution in [-0.2, 0) is 13.6 Å². The minimum absolute atomic E-state index is 0.116. The summed E-state index contributed by atoms with van der Waals surface area (Å²) >= 11 is 0. The van der Waals surface area contributed by atoms with Crippen LogP contribution in [0.5, 0.6) is 0 Å². The van der Waals surface area contributed by atoms with Crippen molar-refractivity contribution in [3.05, 3.63) is 76.9 Å². The van der Waals surface area contributed by atoms with E-state index in [2.05, 4.69) is 22.5 Å². The first kappa shape index (κ1) is 19.5. The van der Waals surface area contributed by atoms with Crippen molar-refractivity contribution < 1.29 is 4.79 Å². The highest BCUT2D eigenvalue weighted by Gasteiger charge is 2.29. The number of hydrogen-bond acceptors (Lipinski definition) is 4. The van der Waals surface area contributed by atoms with Crippen molar-refractivity contribution in [1.29, 1.82) is 0 Å². The predicted octanol–water partition coefficient (Wildman–Crippen LogP) is 3.89. The van der Waals surface area contributed by atoms with Gasteiger partial charge in [-0.1, -0.05) is 30.3 Å². The van der Waals surface area contributed by atoms with Gasteiger partial charge in [-0.15, -0.1) is 0 Å². The van der Waals surface area contributed by atoms with Crippen LogP contribution in [0.4, 0.5) is 0 Å². The van der Waals surface area contributed by atoms with Gasteiger partial charge < -0.3 is 5.32 Å². The molecule has 0 unspecified atom stereocenters. The molecule has 1 aliphatic carbocycles. The van der Waals surface area contributed by atoms with Gasteiger partial charge in [0.15, 0.2) is 5.65 Å². The van der Waals surface area contributed by atoms with Crippen LogP contribution < -0.4 is 5.32 Å². The molecule has 0 bridgehead atoms. The van der Waals surface area contributed by atoms with Gasteiger partial charge in [-0.25, -0.2) is 9.67 Å². The molecule has 31 heavy (non-hydrogen) atoms. The summed E-state index contributed by atoms with van der Waals surface area (Å²) in [6.45, 7) is 4.52. The normalized spacial score (nSPS) is 14.7. The first-order chi connectivity index (χ1) is 15.0. The second kappa shape index (κ2) is 7.65. The van der Waals surface area contributed by atoms with Gasteiger partial charge in [0.2, 0.25) is 0 Å². The van der Waals surface area contributed by atoms with Crippen molar-refractivity contribution >= 4 is 16.9 Å². The van der Waals surface area contributed by atoms with E-state index in [1.807, 2.05) is 62.1 Å². The second-order valence-electron chi connectivity index (χ2n) is 8.41. The lowest BCUT2D eigenvalue weighted by atomic mass is 10.1. The van der Waals surface area contributed by atoms with Crippen molar-refractivity contribution in [3.63, 3.8) is 0 Å². The van der Waals surface area contributed by atoms with E-state index in [0.717, 1.165) is 46.5 Å². The van der Waals surface area contributed by atoms with Crippen LogP contribution >= 0.6 is 0 Å². The van der Waals surface area contributed by atoms with E-state index in [0.29, 0.717) is 18.0 Å². The van der Waals surface area contributed by atoms with Crippen LogP contribution in [0, 0.1) is 6.92 Å². The Balaban J connectivity index is 1.54. The highest BCUT2D eigenvalue weighted by atomic mass is 16.1. The number of hydrogen-bond donors (Lipinski definition) is 1. The van der Waals surface area contributed by atoms with Gasteiger partial charge in [-0.2, -0.15) is 10.2 Å². The number of amides is 1. The molecule has 0 spiro atoms. The number of nitrogens with zero attached hydrogens (tertiary/aromatic N) is 5. The van der Waals surface area contributed by atoms with Crippen LogP contribution in [0.15, 0.2) is 48.7 Å². The molecule has 1 fully saturated rings. The molecule has 3 heterocycles. The Bertz CT molecular complexity index is 1250. The Labute approximate surface area is 181 Å². The topological polar surface area (TPSA) is 77.6 Å². The Morgan fingerprint density at radius 3 is 2.65 bits per heavy atom. The molecule has 5 rings (SSSR count). The average Bonchev–Trinajstić information content (AvgIpc) is 3.45. The molecule has 0 radical (unpaired) electrons. The van der Waals surface area contributed by atoms with Gasteiger partial charge in [0, 0.05) is 24.9 Å². The number of carbonyl (C=O) groups is 1. The van der Waals surface area contributed by atoms with Gasteiger partial charge in [-0.05, 0) is 44.4 Å². The first-order valence-electron chi connectivity index (χ1n) is 10.7. The lowest BCUT2D eigenvalue weighted by molar-refractivity contribution is 0.0940. The largest absolute Gasteiger partial charge is 0.344 e. The number of benzene rings is 1. The number of aryl methyl sites for hydroxylation is 2. The molecule has 1 aliphatic rings. The van der Waals surface area contributed by atoms with Gasteiger partial charge in [0.05, 0.1) is 34.9 Å². The summed E-state index contributed by atoms with van der Waals surface area (Å²) in [5.41, 5.74) is 5.21. The van der Waals surface area contributed by atoms with E-state index in [-0.39, 0.29) is 11.9 Å². The predicted molar refractivity (Wildman–Crippen MR) is 119 cm³/mol. The molecule has 1 amide bonds. The number of carbonyl (C=O) groups excluding carboxylic acids is 1. The Morgan fingerprint density at radius 1 is 1.19 bits per heavy atom. The van der Waals surface area contributed by atoms with Gasteiger partial charge in [0.1, 0.15) is 0 Å². The highest BCUT2D eigenvalue weighted by Crippen LogP contribution is 2.40.